The van der Waals surface area contributed by atoms with E-state index < -0.39 is 62.4 Å². The highest BCUT2D eigenvalue weighted by Crippen LogP contribution is 2.36. The van der Waals surface area contributed by atoms with Crippen molar-refractivity contribution in [3.05, 3.63) is 64.9 Å². The largest absolute Gasteiger partial charge is 0.369 e. The molecule has 0 spiro atoms. The van der Waals surface area contributed by atoms with Crippen molar-refractivity contribution in [1.29, 1.82) is 0 Å². The summed E-state index contributed by atoms with van der Waals surface area (Å²) >= 11 is 0. The van der Waals surface area contributed by atoms with Gasteiger partial charge in [-0.2, -0.15) is 0 Å². The van der Waals surface area contributed by atoms with E-state index >= 15 is 13.2 Å². The highest BCUT2D eigenvalue weighted by atomic mass is 32.2. The molecule has 4 fully saturated rings. The number of anilines is 2. The number of halogens is 3. The number of benzene rings is 2. The minimum Gasteiger partial charge on any atom is -0.369 e. The van der Waals surface area contributed by atoms with E-state index in [4.69, 9.17) is 0 Å². The van der Waals surface area contributed by atoms with Crippen LogP contribution in [-0.4, -0.2) is 129 Å². The van der Waals surface area contributed by atoms with Crippen molar-refractivity contribution < 1.29 is 40.8 Å². The standard InChI is InChI=1S/C45H53F3N10O6S/c1-25(2)57-26(3)50-41-34(47)20-28(21-38(41)57)40-35(48)24-49-45(53-40)51-29-9-18-56(19-10-29)65(63,64)30-11-14-54(15-12-30)13-6-27-7-16-55(17-8-27)37-23-32-31(22-33(37)46)43(61)58(44(32)62)36-4-5-39(59)52-42(36)60/h20-25,27,29-30,36H,4-19H2,1-3H3,(H,49,51,53)(H,52,59,60). The summed E-state index contributed by atoms with van der Waals surface area (Å²) in [5, 5.41) is 4.95. The average Bonchev–Trinajstić information content (AvgIpc) is 3.75. The molecule has 16 nitrogen and oxygen atoms in total. The molecule has 5 aliphatic rings. The molecule has 0 aliphatic carbocycles. The maximum absolute atomic E-state index is 15.5. The lowest BCUT2D eigenvalue weighted by Gasteiger charge is -2.38. The lowest BCUT2D eigenvalue weighted by molar-refractivity contribution is -0.136. The monoisotopic (exact) mass is 918 g/mol. The maximum Gasteiger partial charge on any atom is 0.262 e. The predicted molar refractivity (Wildman–Crippen MR) is 235 cm³/mol. The SMILES string of the molecule is Cc1nc2c(F)cc(-c3nc(NC4CCN(S(=O)(=O)C5CCN(CCC6CCN(c7cc8c(cc7F)C(=O)N(C7CCC(=O)NC7=O)C8=O)CC6)CC5)CC4)ncc3F)cc2n1C(C)C. The van der Waals surface area contributed by atoms with Crippen LogP contribution in [0, 0.1) is 30.3 Å². The smallest absolute Gasteiger partial charge is 0.262 e. The zero-order valence-corrected chi connectivity index (χ0v) is 37.5. The Kier molecular flexibility index (Phi) is 12.2. The van der Waals surface area contributed by atoms with Crippen molar-refractivity contribution in [2.45, 2.75) is 102 Å². The number of imide groups is 2. The summed E-state index contributed by atoms with van der Waals surface area (Å²) < 4.78 is 76.9. The van der Waals surface area contributed by atoms with Crippen LogP contribution in [0.4, 0.5) is 24.8 Å². The Morgan fingerprint density at radius 1 is 0.815 bits per heavy atom. The number of fused-ring (bicyclic) bond motifs is 2. The van der Waals surface area contributed by atoms with Crippen LogP contribution in [-0.2, 0) is 19.6 Å². The van der Waals surface area contributed by atoms with Gasteiger partial charge in [0.2, 0.25) is 27.8 Å². The summed E-state index contributed by atoms with van der Waals surface area (Å²) in [4.78, 5) is 68.5. The summed E-state index contributed by atoms with van der Waals surface area (Å²) in [6, 6.07) is 4.15. The fourth-order valence-electron chi connectivity index (χ4n) is 10.3. The van der Waals surface area contributed by atoms with E-state index in [1.165, 1.54) is 12.1 Å². The molecular formula is C45H53F3N10O6S. The van der Waals surface area contributed by atoms with Gasteiger partial charge in [-0.25, -0.2) is 40.8 Å². The molecule has 4 amide bonds. The molecule has 1 atom stereocenters. The molecule has 0 radical (unpaired) electrons. The number of carbonyl (C=O) groups excluding carboxylic acids is 4. The minimum absolute atomic E-state index is 0.00196. The summed E-state index contributed by atoms with van der Waals surface area (Å²) in [7, 11) is -3.53. The molecule has 2 aromatic heterocycles. The van der Waals surface area contributed by atoms with Crippen molar-refractivity contribution in [3.63, 3.8) is 0 Å². The van der Waals surface area contributed by atoms with Gasteiger partial charge in [-0.15, -0.1) is 0 Å². The average molecular weight is 919 g/mol. The van der Waals surface area contributed by atoms with E-state index in [-0.39, 0.29) is 64.5 Å². The Balaban J connectivity index is 0.728. The maximum atomic E-state index is 15.5. The molecule has 0 bridgehead atoms. The van der Waals surface area contributed by atoms with Crippen LogP contribution in [0.15, 0.2) is 30.5 Å². The van der Waals surface area contributed by atoms with E-state index in [2.05, 4.69) is 30.5 Å². The number of aryl methyl sites for hydroxylation is 1. The number of hydrogen-bond donors (Lipinski definition) is 2. The molecule has 0 saturated carbocycles. The third-order valence-corrected chi connectivity index (χ3v) is 16.3. The molecule has 9 rings (SSSR count). The zero-order chi connectivity index (χ0) is 45.9. The van der Waals surface area contributed by atoms with Gasteiger partial charge < -0.3 is 19.7 Å². The van der Waals surface area contributed by atoms with E-state index in [1.54, 1.807) is 17.3 Å². The van der Waals surface area contributed by atoms with Crippen molar-refractivity contribution in [1.82, 2.24) is 38.9 Å². The van der Waals surface area contributed by atoms with E-state index in [1.807, 2.05) is 23.3 Å². The van der Waals surface area contributed by atoms with Crippen LogP contribution in [0.5, 0.6) is 0 Å². The summed E-state index contributed by atoms with van der Waals surface area (Å²) in [5.41, 5.74) is 1.19. The van der Waals surface area contributed by atoms with Gasteiger partial charge in [0.05, 0.1) is 33.8 Å². The Morgan fingerprint density at radius 3 is 2.18 bits per heavy atom. The van der Waals surface area contributed by atoms with Gasteiger partial charge in [0.1, 0.15) is 28.9 Å². The first-order valence-electron chi connectivity index (χ1n) is 22.6. The Bertz CT molecular complexity index is 2670. The van der Waals surface area contributed by atoms with Crippen molar-refractivity contribution in [2.24, 2.45) is 5.92 Å². The molecule has 65 heavy (non-hydrogen) atoms. The van der Waals surface area contributed by atoms with Crippen LogP contribution >= 0.6 is 0 Å². The summed E-state index contributed by atoms with van der Waals surface area (Å²) in [6.07, 6.45) is 5.70. The Morgan fingerprint density at radius 2 is 1.51 bits per heavy atom. The number of nitrogens with one attached hydrogen (secondary N) is 2. The lowest BCUT2D eigenvalue weighted by Crippen LogP contribution is -2.54. The molecule has 2 N–H and O–H groups in total. The van der Waals surface area contributed by atoms with Crippen LogP contribution in [0.3, 0.4) is 0 Å². The second kappa shape index (κ2) is 17.7. The first-order chi connectivity index (χ1) is 31.1. The van der Waals surface area contributed by atoms with Gasteiger partial charge in [-0.3, -0.25) is 29.4 Å². The molecule has 5 aliphatic heterocycles. The first-order valence-corrected chi connectivity index (χ1v) is 24.1. The summed E-state index contributed by atoms with van der Waals surface area (Å²) in [5.74, 6) is -3.26. The fraction of sp³-hybridized carbons (Fsp3) is 0.533. The van der Waals surface area contributed by atoms with Gasteiger partial charge in [-0.1, -0.05) is 0 Å². The lowest BCUT2D eigenvalue weighted by atomic mass is 9.92. The van der Waals surface area contributed by atoms with Crippen LogP contribution < -0.4 is 15.5 Å². The molecule has 20 heteroatoms. The number of imidazole rings is 1. The van der Waals surface area contributed by atoms with Crippen LogP contribution in [0.25, 0.3) is 22.3 Å². The Hall–Kier alpha value is -5.47. The number of piperidine rings is 4. The third kappa shape index (κ3) is 8.59. The minimum atomic E-state index is -3.53. The molecule has 4 aromatic rings. The molecule has 7 heterocycles. The van der Waals surface area contributed by atoms with Crippen LogP contribution in [0.2, 0.25) is 0 Å². The zero-order valence-electron chi connectivity index (χ0n) is 36.7. The molecular weight excluding hydrogens is 866 g/mol. The number of amides is 4. The van der Waals surface area contributed by atoms with Gasteiger partial charge in [-0.05, 0) is 122 Å². The number of likely N-dealkylation sites (tertiary alicyclic amines) is 1. The van der Waals surface area contributed by atoms with Crippen LogP contribution in [0.1, 0.15) is 104 Å². The van der Waals surface area contributed by atoms with Crippen molar-refractivity contribution in [2.75, 3.05) is 56.0 Å². The number of nitrogens with zero attached hydrogens (tertiary/aromatic N) is 8. The van der Waals surface area contributed by atoms with E-state index in [0.29, 0.717) is 82.2 Å². The second-order valence-corrected chi connectivity index (χ2v) is 20.5. The van der Waals surface area contributed by atoms with Gasteiger partial charge in [0.15, 0.2) is 11.6 Å². The number of hydrogen-bond acceptors (Lipinski definition) is 12. The van der Waals surface area contributed by atoms with Gasteiger partial charge in [0, 0.05) is 50.2 Å². The number of carbonyl (C=O) groups is 4. The van der Waals surface area contributed by atoms with E-state index in [0.717, 1.165) is 43.0 Å². The topological polar surface area (TPSA) is 183 Å². The van der Waals surface area contributed by atoms with Gasteiger partial charge >= 0.3 is 0 Å². The normalized spacial score (nSPS) is 21.2. The first kappa shape index (κ1) is 44.7. The molecule has 4 saturated heterocycles. The highest BCUT2D eigenvalue weighted by molar-refractivity contribution is 7.89. The quantitative estimate of drug-likeness (QED) is 0.189. The predicted octanol–water partition coefficient (Wildman–Crippen LogP) is 5.18. The molecule has 1 unspecified atom stereocenters. The highest BCUT2D eigenvalue weighted by Gasteiger charge is 2.45. The Labute approximate surface area is 375 Å². The fourth-order valence-corrected chi connectivity index (χ4v) is 12.3. The molecule has 346 valence electrons. The number of rotatable bonds is 11. The van der Waals surface area contributed by atoms with Crippen molar-refractivity contribution in [3.8, 4) is 11.3 Å². The molecule has 2 aromatic carbocycles. The van der Waals surface area contributed by atoms with Gasteiger partial charge in [0.25, 0.3) is 11.8 Å². The number of sulfonamides is 1. The third-order valence-electron chi connectivity index (χ3n) is 13.9. The number of aromatic nitrogens is 4. The second-order valence-electron chi connectivity index (χ2n) is 18.3. The van der Waals surface area contributed by atoms with Crippen molar-refractivity contribution >= 4 is 56.3 Å². The summed E-state index contributed by atoms with van der Waals surface area (Å²) in [6.45, 7) is 9.69. The van der Waals surface area contributed by atoms with E-state index in [9.17, 15) is 27.6 Å².